The summed E-state index contributed by atoms with van der Waals surface area (Å²) in [6.45, 7) is 6.47. The number of sulfonamides is 1. The van der Waals surface area contributed by atoms with Gasteiger partial charge in [0.1, 0.15) is 11.8 Å². The van der Waals surface area contributed by atoms with Crippen LogP contribution in [0.3, 0.4) is 0 Å². The van der Waals surface area contributed by atoms with Crippen LogP contribution in [0.1, 0.15) is 36.6 Å². The second-order valence-corrected chi connectivity index (χ2v) is 11.5. The lowest BCUT2D eigenvalue weighted by Crippen LogP contribution is -2.60. The van der Waals surface area contributed by atoms with Crippen molar-refractivity contribution < 1.29 is 31.1 Å². The van der Waals surface area contributed by atoms with Gasteiger partial charge in [-0.1, -0.05) is 38.1 Å². The maximum absolute atomic E-state index is 13.6. The molecule has 0 unspecified atom stereocenters. The Morgan fingerprint density at radius 3 is 2.36 bits per heavy atom. The van der Waals surface area contributed by atoms with Crippen molar-refractivity contribution in [3.05, 3.63) is 71.4 Å². The van der Waals surface area contributed by atoms with Crippen molar-refractivity contribution in [3.63, 3.8) is 0 Å². The summed E-state index contributed by atoms with van der Waals surface area (Å²) in [5.41, 5.74) is 2.83. The predicted molar refractivity (Wildman–Crippen MR) is 139 cm³/mol. The predicted octanol–water partition coefficient (Wildman–Crippen LogP) is 3.94. The molecule has 1 amide bonds. The largest absolute Gasteiger partial charge is 0.573 e. The zero-order valence-electron chi connectivity index (χ0n) is 21.7. The Kier molecular flexibility index (Phi) is 8.21. The molecule has 3 aromatic rings. The molecule has 1 fully saturated rings. The fourth-order valence-corrected chi connectivity index (χ4v) is 5.89. The van der Waals surface area contributed by atoms with Gasteiger partial charge in [0.2, 0.25) is 15.9 Å². The molecule has 2 aromatic carbocycles. The number of rotatable bonds is 8. The molecule has 0 bridgehead atoms. The first-order chi connectivity index (χ1) is 18.3. The highest BCUT2D eigenvalue weighted by atomic mass is 32.2. The number of halogens is 3. The molecule has 0 aliphatic carbocycles. The number of anilines is 1. The summed E-state index contributed by atoms with van der Waals surface area (Å²) in [6, 6.07) is 12.4. The third-order valence-electron chi connectivity index (χ3n) is 6.43. The number of nitrogens with one attached hydrogen (secondary N) is 2. The maximum atomic E-state index is 13.6. The lowest BCUT2D eigenvalue weighted by atomic mass is 10.0. The van der Waals surface area contributed by atoms with E-state index >= 15 is 0 Å². The van der Waals surface area contributed by atoms with Gasteiger partial charge in [0.05, 0.1) is 4.90 Å². The van der Waals surface area contributed by atoms with Crippen LogP contribution in [0.5, 0.6) is 5.75 Å². The minimum atomic E-state index is -4.90. The summed E-state index contributed by atoms with van der Waals surface area (Å²) in [5.74, 6) is -0.0980. The number of H-pyrrole nitrogens is 1. The van der Waals surface area contributed by atoms with Crippen LogP contribution in [-0.2, 0) is 21.4 Å². The van der Waals surface area contributed by atoms with Gasteiger partial charge in [0.15, 0.2) is 5.82 Å². The lowest BCUT2D eigenvalue weighted by Gasteiger charge is -2.39. The molecule has 9 nitrogen and oxygen atoms in total. The highest BCUT2D eigenvalue weighted by Crippen LogP contribution is 2.28. The van der Waals surface area contributed by atoms with E-state index in [0.29, 0.717) is 11.7 Å². The molecule has 1 aromatic heterocycles. The fourth-order valence-electron chi connectivity index (χ4n) is 4.32. The van der Waals surface area contributed by atoms with Crippen molar-refractivity contribution in [2.75, 3.05) is 24.5 Å². The number of aromatic nitrogens is 2. The highest BCUT2D eigenvalue weighted by molar-refractivity contribution is 7.89. The lowest BCUT2D eigenvalue weighted by molar-refractivity contribution is -0.274. The molecule has 2 heterocycles. The second kappa shape index (κ2) is 11.3. The maximum Gasteiger partial charge on any atom is 0.573 e. The van der Waals surface area contributed by atoms with E-state index in [-0.39, 0.29) is 31.1 Å². The third-order valence-corrected chi connectivity index (χ3v) is 8.35. The molecule has 39 heavy (non-hydrogen) atoms. The van der Waals surface area contributed by atoms with Gasteiger partial charge in [-0.05, 0) is 48.2 Å². The van der Waals surface area contributed by atoms with Gasteiger partial charge in [-0.3, -0.25) is 9.89 Å². The smallest absolute Gasteiger partial charge is 0.406 e. The Morgan fingerprint density at radius 2 is 1.79 bits per heavy atom. The Balaban J connectivity index is 1.56. The molecule has 4 rings (SSSR count). The molecule has 13 heteroatoms. The molecule has 1 aliphatic heterocycles. The van der Waals surface area contributed by atoms with E-state index in [0.717, 1.165) is 45.4 Å². The number of piperazine rings is 1. The number of carbonyl (C=O) groups is 1. The van der Waals surface area contributed by atoms with Crippen LogP contribution in [0, 0.1) is 6.92 Å². The topological polar surface area (TPSA) is 108 Å². The third kappa shape index (κ3) is 6.90. The molecule has 0 spiro atoms. The van der Waals surface area contributed by atoms with Gasteiger partial charge in [-0.15, -0.1) is 13.2 Å². The van der Waals surface area contributed by atoms with E-state index in [4.69, 9.17) is 0 Å². The molecule has 2 N–H and O–H groups in total. The molecular weight excluding hydrogens is 535 g/mol. The number of hydrogen-bond acceptors (Lipinski definition) is 6. The van der Waals surface area contributed by atoms with Crippen LogP contribution < -0.4 is 15.0 Å². The van der Waals surface area contributed by atoms with Crippen LogP contribution in [0.15, 0.2) is 59.5 Å². The fraction of sp³-hybridized carbons (Fsp3) is 0.385. The van der Waals surface area contributed by atoms with Gasteiger partial charge in [-0.25, -0.2) is 8.42 Å². The number of alkyl halides is 3. The number of aryl methyl sites for hydroxylation is 1. The van der Waals surface area contributed by atoms with Crippen LogP contribution in [-0.4, -0.2) is 60.9 Å². The van der Waals surface area contributed by atoms with Gasteiger partial charge in [0.25, 0.3) is 0 Å². The van der Waals surface area contributed by atoms with Crippen LogP contribution >= 0.6 is 0 Å². The van der Waals surface area contributed by atoms with E-state index < -0.39 is 34.1 Å². The zero-order valence-corrected chi connectivity index (χ0v) is 22.5. The minimum absolute atomic E-state index is 0.0315. The average molecular weight is 566 g/mol. The summed E-state index contributed by atoms with van der Waals surface area (Å²) in [4.78, 5) is 15.0. The van der Waals surface area contributed by atoms with Crippen LogP contribution in [0.4, 0.5) is 19.0 Å². The van der Waals surface area contributed by atoms with Gasteiger partial charge < -0.3 is 15.0 Å². The number of nitrogens with zero attached hydrogens (tertiary/aromatic N) is 3. The molecule has 210 valence electrons. The first kappa shape index (κ1) is 28.4. The van der Waals surface area contributed by atoms with Crippen LogP contribution in [0.2, 0.25) is 0 Å². The van der Waals surface area contributed by atoms with Crippen molar-refractivity contribution in [2.45, 2.75) is 50.5 Å². The van der Waals surface area contributed by atoms with Crippen LogP contribution in [0.25, 0.3) is 0 Å². The summed E-state index contributed by atoms with van der Waals surface area (Å²) in [5, 5.41) is 9.91. The van der Waals surface area contributed by atoms with E-state index in [1.54, 1.807) is 6.07 Å². The Labute approximate surface area is 225 Å². The van der Waals surface area contributed by atoms with E-state index in [9.17, 15) is 26.4 Å². The van der Waals surface area contributed by atoms with Crippen molar-refractivity contribution in [1.29, 1.82) is 0 Å². The molecule has 1 atom stereocenters. The highest BCUT2D eigenvalue weighted by Gasteiger charge is 2.41. The van der Waals surface area contributed by atoms with Gasteiger partial charge >= 0.3 is 6.36 Å². The summed E-state index contributed by atoms with van der Waals surface area (Å²) in [7, 11) is -4.23. The first-order valence-electron chi connectivity index (χ1n) is 12.3. The van der Waals surface area contributed by atoms with E-state index in [1.807, 2.05) is 36.1 Å². The van der Waals surface area contributed by atoms with Gasteiger partial charge in [-0.2, -0.15) is 9.40 Å². The van der Waals surface area contributed by atoms with Crippen molar-refractivity contribution in [3.8, 4) is 5.75 Å². The standard InChI is InChI=1S/C26H30F3N5O4S/c1-17(2)20-6-4-19(5-7-20)15-30-25(35)23-16-33(24-14-18(3)31-32-24)12-13-34(23)39(36,37)22-10-8-21(9-11-22)38-26(27,28)29/h4-11,14,17,23H,12-13,15-16H2,1-3H3,(H,30,35)(H,31,32)/t23-/m1/s1. The minimum Gasteiger partial charge on any atom is -0.406 e. The van der Waals surface area contributed by atoms with Crippen molar-refractivity contribution in [1.82, 2.24) is 19.8 Å². The van der Waals surface area contributed by atoms with Gasteiger partial charge in [0, 0.05) is 37.9 Å². The van der Waals surface area contributed by atoms with E-state index in [2.05, 4.69) is 34.1 Å². The molecule has 0 saturated carbocycles. The Morgan fingerprint density at radius 1 is 1.13 bits per heavy atom. The summed E-state index contributed by atoms with van der Waals surface area (Å²) in [6.07, 6.45) is -4.90. The summed E-state index contributed by atoms with van der Waals surface area (Å²) >= 11 is 0. The average Bonchev–Trinajstić information content (AvgIpc) is 3.32. The number of amides is 1. The van der Waals surface area contributed by atoms with E-state index in [1.165, 1.54) is 0 Å². The molecule has 1 saturated heterocycles. The number of hydrogen-bond donors (Lipinski definition) is 2. The molecule has 0 radical (unpaired) electrons. The summed E-state index contributed by atoms with van der Waals surface area (Å²) < 4.78 is 69.6. The SMILES string of the molecule is Cc1cc(N2CCN(S(=O)(=O)c3ccc(OC(F)(F)F)cc3)[C@@H](C(=O)NCc3ccc(C(C)C)cc3)C2)n[nH]1. The van der Waals surface area contributed by atoms with Crippen molar-refractivity contribution in [2.24, 2.45) is 0 Å². The number of aromatic amines is 1. The monoisotopic (exact) mass is 565 g/mol. The van der Waals surface area contributed by atoms with Crippen molar-refractivity contribution >= 4 is 21.7 Å². The Bertz CT molecular complexity index is 1390. The quantitative estimate of drug-likeness (QED) is 0.429. The number of ether oxygens (including phenoxy) is 1. The first-order valence-corrected chi connectivity index (χ1v) is 13.8. The molecule has 1 aliphatic rings. The zero-order chi connectivity index (χ0) is 28.4. The number of carbonyl (C=O) groups excluding carboxylic acids is 1. The Hall–Kier alpha value is -3.58. The number of benzene rings is 2. The second-order valence-electron chi connectivity index (χ2n) is 9.62. The molecular formula is C26H30F3N5O4S. The normalized spacial score (nSPS) is 16.9.